The largest absolute Gasteiger partial charge is 0.298 e. The lowest BCUT2D eigenvalue weighted by Crippen LogP contribution is -2.10. The summed E-state index contributed by atoms with van der Waals surface area (Å²) in [5, 5.41) is 0. The van der Waals surface area contributed by atoms with Crippen LogP contribution in [0.4, 0.5) is 4.39 Å². The molecule has 2 rings (SSSR count). The molecule has 0 saturated heterocycles. The van der Waals surface area contributed by atoms with Gasteiger partial charge in [-0.3, -0.25) is 4.79 Å². The van der Waals surface area contributed by atoms with E-state index in [4.69, 9.17) is 0 Å². The molecule has 3 heteroatoms. The lowest BCUT2D eigenvalue weighted by molar-refractivity contribution is 0.112. The maximum absolute atomic E-state index is 13.1. The number of carbonyl (C=O) groups is 1. The van der Waals surface area contributed by atoms with Crippen molar-refractivity contribution in [3.05, 3.63) is 59.4 Å². The lowest BCUT2D eigenvalue weighted by atomic mass is 9.87. The van der Waals surface area contributed by atoms with Crippen LogP contribution < -0.4 is 0 Å². The van der Waals surface area contributed by atoms with Crippen LogP contribution in [0.3, 0.4) is 0 Å². The Morgan fingerprint density at radius 1 is 1.05 bits per heavy atom. The average molecular weight is 288 g/mol. The van der Waals surface area contributed by atoms with E-state index in [1.165, 1.54) is 29.5 Å². The van der Waals surface area contributed by atoms with Crippen LogP contribution in [0.25, 0.3) is 0 Å². The van der Waals surface area contributed by atoms with Gasteiger partial charge in [0.25, 0.3) is 0 Å². The molecule has 0 atom stereocenters. The Morgan fingerprint density at radius 2 is 1.70 bits per heavy atom. The molecule has 1 nitrogen and oxygen atoms in total. The summed E-state index contributed by atoms with van der Waals surface area (Å²) >= 11 is 1.47. The minimum absolute atomic E-state index is 0.118. The molecule has 2 aromatic carbocycles. The first-order valence-electron chi connectivity index (χ1n) is 6.43. The van der Waals surface area contributed by atoms with Crippen LogP contribution in [-0.2, 0) is 5.41 Å². The normalized spacial score (nSPS) is 11.4. The highest BCUT2D eigenvalue weighted by Crippen LogP contribution is 2.32. The van der Waals surface area contributed by atoms with Gasteiger partial charge in [-0.15, -0.1) is 0 Å². The van der Waals surface area contributed by atoms with Gasteiger partial charge >= 0.3 is 0 Å². The number of carbonyl (C=O) groups excluding carboxylic acids is 1. The first kappa shape index (κ1) is 14.8. The fraction of sp³-hybridized carbons (Fsp3) is 0.235. The van der Waals surface area contributed by atoms with Gasteiger partial charge in [0, 0.05) is 15.4 Å². The van der Waals surface area contributed by atoms with Crippen LogP contribution in [0.1, 0.15) is 36.7 Å². The third-order valence-corrected chi connectivity index (χ3v) is 4.15. The average Bonchev–Trinajstić information content (AvgIpc) is 2.40. The molecule has 0 radical (unpaired) electrons. The number of aldehydes is 1. The quantitative estimate of drug-likeness (QED) is 0.732. The van der Waals surface area contributed by atoms with Crippen molar-refractivity contribution in [2.24, 2.45) is 0 Å². The van der Waals surface area contributed by atoms with E-state index in [2.05, 4.69) is 32.9 Å². The van der Waals surface area contributed by atoms with E-state index in [1.54, 1.807) is 6.07 Å². The maximum Gasteiger partial charge on any atom is 0.151 e. The van der Waals surface area contributed by atoms with E-state index in [-0.39, 0.29) is 11.2 Å². The Bertz CT molecular complexity index is 612. The Kier molecular flexibility index (Phi) is 4.29. The third-order valence-electron chi connectivity index (χ3n) is 3.05. The van der Waals surface area contributed by atoms with Crippen LogP contribution in [0.15, 0.2) is 52.3 Å². The van der Waals surface area contributed by atoms with Gasteiger partial charge in [0.1, 0.15) is 5.82 Å². The molecular weight excluding hydrogens is 271 g/mol. The van der Waals surface area contributed by atoms with Gasteiger partial charge in [-0.2, -0.15) is 0 Å². The molecule has 0 aliphatic heterocycles. The van der Waals surface area contributed by atoms with Gasteiger partial charge < -0.3 is 0 Å². The van der Waals surface area contributed by atoms with Gasteiger partial charge in [-0.1, -0.05) is 44.7 Å². The van der Waals surface area contributed by atoms with Gasteiger partial charge in [0.2, 0.25) is 0 Å². The van der Waals surface area contributed by atoms with Gasteiger partial charge in [-0.25, -0.2) is 4.39 Å². The van der Waals surface area contributed by atoms with Crippen molar-refractivity contribution in [2.75, 3.05) is 0 Å². The Morgan fingerprint density at radius 3 is 2.25 bits per heavy atom. The molecule has 0 saturated carbocycles. The number of hydrogen-bond acceptors (Lipinski definition) is 2. The molecule has 2 aromatic rings. The zero-order chi connectivity index (χ0) is 14.8. The van der Waals surface area contributed by atoms with Crippen LogP contribution >= 0.6 is 11.8 Å². The zero-order valence-electron chi connectivity index (χ0n) is 11.8. The molecule has 0 spiro atoms. The molecule has 20 heavy (non-hydrogen) atoms. The van der Waals surface area contributed by atoms with Crippen LogP contribution in [-0.4, -0.2) is 6.29 Å². The highest BCUT2D eigenvalue weighted by Gasteiger charge is 2.13. The van der Waals surface area contributed by atoms with E-state index < -0.39 is 0 Å². The molecule has 0 amide bonds. The minimum atomic E-state index is -0.389. The van der Waals surface area contributed by atoms with Crippen molar-refractivity contribution in [2.45, 2.75) is 36.0 Å². The van der Waals surface area contributed by atoms with Gasteiger partial charge in [-0.05, 0) is 41.3 Å². The molecule has 0 bridgehead atoms. The van der Waals surface area contributed by atoms with Crippen molar-refractivity contribution >= 4 is 18.0 Å². The Hall–Kier alpha value is -1.61. The van der Waals surface area contributed by atoms with Crippen LogP contribution in [0, 0.1) is 5.82 Å². The summed E-state index contributed by atoms with van der Waals surface area (Å²) in [5.41, 5.74) is 1.76. The van der Waals surface area contributed by atoms with Gasteiger partial charge in [0.05, 0.1) is 0 Å². The van der Waals surface area contributed by atoms with E-state index >= 15 is 0 Å². The molecule has 0 aliphatic carbocycles. The Labute approximate surface area is 123 Å². The lowest BCUT2D eigenvalue weighted by Gasteiger charge is -2.19. The summed E-state index contributed by atoms with van der Waals surface area (Å²) in [6.45, 7) is 6.50. The van der Waals surface area contributed by atoms with E-state index in [0.29, 0.717) is 11.8 Å². The minimum Gasteiger partial charge on any atom is -0.298 e. The topological polar surface area (TPSA) is 17.1 Å². The van der Waals surface area contributed by atoms with E-state index in [9.17, 15) is 9.18 Å². The highest BCUT2D eigenvalue weighted by molar-refractivity contribution is 7.99. The van der Waals surface area contributed by atoms with Crippen molar-refractivity contribution < 1.29 is 9.18 Å². The standard InChI is InChI=1S/C17H17FOS/c1-17(2,3)13-4-7-15(8-5-13)20-16-9-6-14(18)10-12(16)11-19/h4-11H,1-3H3. The fourth-order valence-corrected chi connectivity index (χ4v) is 2.74. The molecule has 0 fully saturated rings. The van der Waals surface area contributed by atoms with Crippen molar-refractivity contribution in [1.82, 2.24) is 0 Å². The first-order chi connectivity index (χ1) is 9.40. The second kappa shape index (κ2) is 5.80. The number of rotatable bonds is 3. The molecule has 0 aromatic heterocycles. The highest BCUT2D eigenvalue weighted by atomic mass is 32.2. The predicted octanol–water partition coefficient (Wildman–Crippen LogP) is 5.09. The maximum atomic E-state index is 13.1. The van der Waals surface area contributed by atoms with Crippen LogP contribution in [0.5, 0.6) is 0 Å². The summed E-state index contributed by atoms with van der Waals surface area (Å²) in [5.74, 6) is -0.389. The molecular formula is C17H17FOS. The fourth-order valence-electron chi connectivity index (χ4n) is 1.85. The van der Waals surface area contributed by atoms with Gasteiger partial charge in [0.15, 0.2) is 6.29 Å². The molecule has 104 valence electrons. The van der Waals surface area contributed by atoms with Crippen molar-refractivity contribution in [1.29, 1.82) is 0 Å². The summed E-state index contributed by atoms with van der Waals surface area (Å²) in [4.78, 5) is 12.8. The van der Waals surface area contributed by atoms with E-state index in [1.807, 2.05) is 12.1 Å². The summed E-state index contributed by atoms with van der Waals surface area (Å²) < 4.78 is 13.1. The number of halogens is 1. The monoisotopic (exact) mass is 288 g/mol. The molecule has 0 unspecified atom stereocenters. The summed E-state index contributed by atoms with van der Waals surface area (Å²) in [6.07, 6.45) is 0.689. The third kappa shape index (κ3) is 3.48. The van der Waals surface area contributed by atoms with Crippen LogP contribution in [0.2, 0.25) is 0 Å². The molecule has 0 aliphatic rings. The summed E-state index contributed by atoms with van der Waals surface area (Å²) in [7, 11) is 0. The van der Waals surface area contributed by atoms with Crippen molar-refractivity contribution in [3.63, 3.8) is 0 Å². The van der Waals surface area contributed by atoms with E-state index in [0.717, 1.165) is 9.79 Å². The predicted molar refractivity (Wildman–Crippen MR) is 81.1 cm³/mol. The zero-order valence-corrected chi connectivity index (χ0v) is 12.6. The SMILES string of the molecule is CC(C)(C)c1ccc(Sc2ccc(F)cc2C=O)cc1. The second-order valence-electron chi connectivity index (χ2n) is 5.68. The number of hydrogen-bond donors (Lipinski definition) is 0. The first-order valence-corrected chi connectivity index (χ1v) is 7.25. The molecule has 0 N–H and O–H groups in total. The summed E-state index contributed by atoms with van der Waals surface area (Å²) in [6, 6.07) is 12.5. The number of benzene rings is 2. The second-order valence-corrected chi connectivity index (χ2v) is 6.79. The smallest absolute Gasteiger partial charge is 0.151 e. The Balaban J connectivity index is 2.25. The van der Waals surface area contributed by atoms with Crippen molar-refractivity contribution in [3.8, 4) is 0 Å². The molecule has 0 heterocycles.